The normalized spacial score (nSPS) is 20.2. The average molecular weight is 538 g/mol. The third-order valence-corrected chi connectivity index (χ3v) is 8.83. The first-order chi connectivity index (χ1) is 18.9. The number of fused-ring (bicyclic) bond motifs is 3. The second-order valence-electron chi connectivity index (χ2n) is 11.1. The number of carbonyl (C=O) groups excluding carboxylic acids is 2. The molecule has 5 nitrogen and oxygen atoms in total. The van der Waals surface area contributed by atoms with Crippen molar-refractivity contribution < 1.29 is 9.59 Å². The van der Waals surface area contributed by atoms with Gasteiger partial charge in [-0.25, -0.2) is 0 Å². The zero-order valence-corrected chi connectivity index (χ0v) is 23.1. The van der Waals surface area contributed by atoms with E-state index in [2.05, 4.69) is 29.4 Å². The number of aryl methyl sites for hydroxylation is 1. The first-order valence-corrected chi connectivity index (χ1v) is 14.0. The smallest absolute Gasteiger partial charge is 0.230 e. The van der Waals surface area contributed by atoms with E-state index in [4.69, 9.17) is 11.6 Å². The van der Waals surface area contributed by atoms with Gasteiger partial charge in [-0.3, -0.25) is 14.3 Å². The number of carbonyl (C=O) groups is 2. The average Bonchev–Trinajstić information content (AvgIpc) is 3.67. The largest absolute Gasteiger partial charge is 0.308 e. The molecule has 2 fully saturated rings. The van der Waals surface area contributed by atoms with Gasteiger partial charge >= 0.3 is 0 Å². The van der Waals surface area contributed by atoms with Crippen LogP contribution in [0.15, 0.2) is 72.9 Å². The maximum Gasteiger partial charge on any atom is 0.230 e. The number of aromatic nitrogens is 2. The Morgan fingerprint density at radius 1 is 1.05 bits per heavy atom. The van der Waals surface area contributed by atoms with Crippen molar-refractivity contribution in [2.75, 3.05) is 4.90 Å². The number of nitrogens with zero attached hydrogens (tertiary/aromatic N) is 3. The predicted molar refractivity (Wildman–Crippen MR) is 157 cm³/mol. The van der Waals surface area contributed by atoms with Gasteiger partial charge in [0.2, 0.25) is 5.91 Å². The van der Waals surface area contributed by atoms with Crippen LogP contribution >= 0.6 is 11.6 Å². The monoisotopic (exact) mass is 537 g/mol. The van der Waals surface area contributed by atoms with E-state index < -0.39 is 0 Å². The number of hydrogen-bond acceptors (Lipinski definition) is 3. The summed E-state index contributed by atoms with van der Waals surface area (Å²) in [5.74, 6) is 1.38. The molecular weight excluding hydrogens is 506 g/mol. The van der Waals surface area contributed by atoms with Crippen LogP contribution in [-0.2, 0) is 23.2 Å². The Bertz CT molecular complexity index is 1600. The lowest BCUT2D eigenvalue weighted by atomic mass is 9.87. The van der Waals surface area contributed by atoms with Crippen LogP contribution in [0.1, 0.15) is 43.7 Å². The molecule has 6 rings (SSSR count). The molecule has 2 aliphatic carbocycles. The fourth-order valence-electron chi connectivity index (χ4n) is 6.42. The molecule has 1 amide bonds. The zero-order valence-electron chi connectivity index (χ0n) is 22.3. The van der Waals surface area contributed by atoms with Crippen LogP contribution in [0.3, 0.4) is 0 Å². The number of amides is 1. The molecule has 0 N–H and O–H groups in total. The number of allylic oxidation sites excluding steroid dienone is 1. The SMILES string of the molecule is CC(=O)/C=C/c1cccc(N(Cc2ccc(-c3ccc4c(cnn4C)c3)cc2Cl)C(=O)[C@@H]2C[C@@H]3CC[C@H]2C3)c1. The molecule has 39 heavy (non-hydrogen) atoms. The molecule has 2 aliphatic rings. The molecule has 1 heterocycles. The molecule has 0 radical (unpaired) electrons. The molecule has 2 saturated carbocycles. The van der Waals surface area contributed by atoms with E-state index in [1.54, 1.807) is 12.2 Å². The molecule has 198 valence electrons. The molecular formula is C33H32ClN3O2. The second kappa shape index (κ2) is 10.5. The molecule has 0 saturated heterocycles. The van der Waals surface area contributed by atoms with E-state index in [1.807, 2.05) is 59.2 Å². The summed E-state index contributed by atoms with van der Waals surface area (Å²) in [5.41, 5.74) is 5.80. The Kier molecular flexibility index (Phi) is 6.86. The van der Waals surface area contributed by atoms with Crippen LogP contribution < -0.4 is 4.90 Å². The lowest BCUT2D eigenvalue weighted by Gasteiger charge is -2.30. The van der Waals surface area contributed by atoms with Gasteiger partial charge < -0.3 is 4.90 Å². The molecule has 3 aromatic carbocycles. The quantitative estimate of drug-likeness (QED) is 0.230. The fraction of sp³-hybridized carbons (Fsp3) is 0.303. The zero-order chi connectivity index (χ0) is 27.1. The van der Waals surface area contributed by atoms with E-state index in [0.29, 0.717) is 23.4 Å². The number of halogens is 1. The Hall–Kier alpha value is -3.70. The van der Waals surface area contributed by atoms with E-state index in [-0.39, 0.29) is 17.6 Å². The summed E-state index contributed by atoms with van der Waals surface area (Å²) in [6.07, 6.45) is 9.76. The molecule has 2 bridgehead atoms. The highest BCUT2D eigenvalue weighted by molar-refractivity contribution is 6.31. The maximum absolute atomic E-state index is 14.0. The van der Waals surface area contributed by atoms with Crippen LogP contribution in [0.5, 0.6) is 0 Å². The first kappa shape index (κ1) is 25.6. The molecule has 0 spiro atoms. The molecule has 4 aromatic rings. The summed E-state index contributed by atoms with van der Waals surface area (Å²) in [6.45, 7) is 1.93. The third-order valence-electron chi connectivity index (χ3n) is 8.47. The minimum atomic E-state index is -0.00938. The Labute approximate surface area is 234 Å². The highest BCUT2D eigenvalue weighted by Crippen LogP contribution is 2.49. The maximum atomic E-state index is 14.0. The van der Waals surface area contributed by atoms with Gasteiger partial charge in [-0.1, -0.05) is 54.4 Å². The summed E-state index contributed by atoms with van der Waals surface area (Å²) in [5, 5.41) is 6.06. The molecule has 3 atom stereocenters. The van der Waals surface area contributed by atoms with Gasteiger partial charge in [0.1, 0.15) is 0 Å². The van der Waals surface area contributed by atoms with Crippen molar-refractivity contribution in [3.8, 4) is 11.1 Å². The number of hydrogen-bond donors (Lipinski definition) is 0. The van der Waals surface area contributed by atoms with Gasteiger partial charge in [-0.2, -0.15) is 5.10 Å². The van der Waals surface area contributed by atoms with Crippen molar-refractivity contribution in [1.29, 1.82) is 0 Å². The lowest BCUT2D eigenvalue weighted by molar-refractivity contribution is -0.124. The van der Waals surface area contributed by atoms with E-state index >= 15 is 0 Å². The van der Waals surface area contributed by atoms with Crippen molar-refractivity contribution in [3.63, 3.8) is 0 Å². The second-order valence-corrected chi connectivity index (χ2v) is 11.5. The van der Waals surface area contributed by atoms with Gasteiger partial charge in [0.15, 0.2) is 5.78 Å². The van der Waals surface area contributed by atoms with Gasteiger partial charge in [0.05, 0.1) is 18.3 Å². The predicted octanol–water partition coefficient (Wildman–Crippen LogP) is 7.47. The van der Waals surface area contributed by atoms with Gasteiger partial charge in [0.25, 0.3) is 0 Å². The highest BCUT2D eigenvalue weighted by Gasteiger charge is 2.44. The Balaban J connectivity index is 1.32. The summed E-state index contributed by atoms with van der Waals surface area (Å²) in [6, 6.07) is 20.2. The first-order valence-electron chi connectivity index (χ1n) is 13.7. The van der Waals surface area contributed by atoms with Crippen molar-refractivity contribution in [2.45, 2.75) is 39.2 Å². The molecule has 0 aliphatic heterocycles. The summed E-state index contributed by atoms with van der Waals surface area (Å²) in [7, 11) is 1.94. The van der Waals surface area contributed by atoms with Crippen LogP contribution in [0, 0.1) is 17.8 Å². The fourth-order valence-corrected chi connectivity index (χ4v) is 6.66. The van der Waals surface area contributed by atoms with Crippen molar-refractivity contribution >= 4 is 46.0 Å². The number of benzene rings is 3. The highest BCUT2D eigenvalue weighted by atomic mass is 35.5. The topological polar surface area (TPSA) is 55.2 Å². The molecule has 0 unspecified atom stereocenters. The van der Waals surface area contributed by atoms with Crippen LogP contribution in [-0.4, -0.2) is 21.5 Å². The lowest BCUT2D eigenvalue weighted by Crippen LogP contribution is -2.38. The minimum absolute atomic E-state index is 0.00938. The third kappa shape index (κ3) is 5.16. The van der Waals surface area contributed by atoms with Gasteiger partial charge in [-0.05, 0) is 96.7 Å². The number of anilines is 1. The Morgan fingerprint density at radius 3 is 2.62 bits per heavy atom. The van der Waals surface area contributed by atoms with Crippen LogP contribution in [0.25, 0.3) is 28.1 Å². The van der Waals surface area contributed by atoms with Crippen molar-refractivity contribution in [3.05, 3.63) is 89.1 Å². The van der Waals surface area contributed by atoms with E-state index in [0.717, 1.165) is 51.7 Å². The minimum Gasteiger partial charge on any atom is -0.308 e. The van der Waals surface area contributed by atoms with Gasteiger partial charge in [0, 0.05) is 29.1 Å². The Morgan fingerprint density at radius 2 is 1.87 bits per heavy atom. The summed E-state index contributed by atoms with van der Waals surface area (Å²) < 4.78 is 1.86. The summed E-state index contributed by atoms with van der Waals surface area (Å²) >= 11 is 6.87. The van der Waals surface area contributed by atoms with Crippen LogP contribution in [0.4, 0.5) is 5.69 Å². The van der Waals surface area contributed by atoms with Gasteiger partial charge in [-0.15, -0.1) is 0 Å². The molecule has 6 heteroatoms. The van der Waals surface area contributed by atoms with Crippen molar-refractivity contribution in [1.82, 2.24) is 9.78 Å². The standard InChI is InChI=1S/C33H32ClN3O2/c1-21(38)6-7-22-4-3-5-29(15-22)37(33(39)30-16-23-8-9-26(30)14-23)20-27-11-10-25(18-31(27)34)24-12-13-32-28(17-24)19-35-36(32)2/h3-7,10-13,15,17-19,23,26,30H,8-9,14,16,20H2,1-2H3/b7-6+/t23-,26+,30-/m1/s1. The van der Waals surface area contributed by atoms with Crippen LogP contribution in [0.2, 0.25) is 5.02 Å². The van der Waals surface area contributed by atoms with E-state index in [1.165, 1.54) is 19.8 Å². The number of rotatable bonds is 7. The molecule has 1 aromatic heterocycles. The van der Waals surface area contributed by atoms with E-state index in [9.17, 15) is 9.59 Å². The summed E-state index contributed by atoms with van der Waals surface area (Å²) in [4.78, 5) is 27.4. The van der Waals surface area contributed by atoms with Crippen molar-refractivity contribution in [2.24, 2.45) is 24.8 Å². The number of ketones is 1.